The summed E-state index contributed by atoms with van der Waals surface area (Å²) >= 11 is 1.18. The molecule has 33 heavy (non-hydrogen) atoms. The number of non-ortho nitro benzene ring substituents is 1. The highest BCUT2D eigenvalue weighted by Crippen LogP contribution is 2.31. The number of nitro benzene ring substituents is 1. The fraction of sp³-hybridized carbons (Fsp3) is 0.0870. The Hall–Kier alpha value is -4.49. The predicted octanol–water partition coefficient (Wildman–Crippen LogP) is 4.91. The molecule has 4 rings (SSSR count). The second-order valence-corrected chi connectivity index (χ2v) is 7.60. The number of methoxy groups -OCH3 is 2. The Balaban J connectivity index is 1.77. The van der Waals surface area contributed by atoms with Gasteiger partial charge in [0.2, 0.25) is 0 Å². The summed E-state index contributed by atoms with van der Waals surface area (Å²) in [5, 5.41) is 23.2. The second-order valence-electron chi connectivity index (χ2n) is 6.74. The van der Waals surface area contributed by atoms with E-state index >= 15 is 0 Å². The lowest BCUT2D eigenvalue weighted by Gasteiger charge is -2.07. The molecule has 0 saturated carbocycles. The van der Waals surface area contributed by atoms with Crippen molar-refractivity contribution < 1.29 is 18.8 Å². The van der Waals surface area contributed by atoms with Crippen molar-refractivity contribution in [2.75, 3.05) is 14.2 Å². The topological polar surface area (TPSA) is 128 Å². The van der Waals surface area contributed by atoms with Gasteiger partial charge >= 0.3 is 5.63 Å². The van der Waals surface area contributed by atoms with Gasteiger partial charge in [-0.05, 0) is 36.4 Å². The van der Waals surface area contributed by atoms with Gasteiger partial charge in [0.25, 0.3) is 5.69 Å². The summed E-state index contributed by atoms with van der Waals surface area (Å²) < 4.78 is 15.9. The van der Waals surface area contributed by atoms with Crippen molar-refractivity contribution in [1.82, 2.24) is 4.98 Å². The summed E-state index contributed by atoms with van der Waals surface area (Å²) in [7, 11) is 3.06. The highest BCUT2D eigenvalue weighted by Gasteiger charge is 2.16. The number of hydrogen-bond donors (Lipinski definition) is 0. The Morgan fingerprint density at radius 1 is 1.21 bits per heavy atom. The zero-order valence-electron chi connectivity index (χ0n) is 17.4. The molecule has 2 heterocycles. The van der Waals surface area contributed by atoms with Crippen LogP contribution in [-0.2, 0) is 0 Å². The van der Waals surface area contributed by atoms with Crippen LogP contribution in [0, 0.1) is 21.4 Å². The largest absolute Gasteiger partial charge is 0.497 e. The van der Waals surface area contributed by atoms with Gasteiger partial charge in [-0.2, -0.15) is 5.26 Å². The lowest BCUT2D eigenvalue weighted by molar-refractivity contribution is -0.384. The first kappa shape index (κ1) is 21.7. The molecule has 2 aromatic carbocycles. The number of rotatable bonds is 6. The van der Waals surface area contributed by atoms with E-state index in [0.717, 1.165) is 0 Å². The molecule has 164 valence electrons. The summed E-state index contributed by atoms with van der Waals surface area (Å²) in [6, 6.07) is 12.8. The van der Waals surface area contributed by atoms with E-state index in [1.807, 2.05) is 0 Å². The number of benzene rings is 2. The van der Waals surface area contributed by atoms with E-state index in [1.54, 1.807) is 29.7 Å². The van der Waals surface area contributed by atoms with E-state index in [4.69, 9.17) is 13.9 Å². The Bertz CT molecular complexity index is 1510. The van der Waals surface area contributed by atoms with Crippen molar-refractivity contribution in [3.05, 3.63) is 79.0 Å². The van der Waals surface area contributed by atoms with E-state index < -0.39 is 10.5 Å². The van der Waals surface area contributed by atoms with Gasteiger partial charge in [0.15, 0.2) is 0 Å². The van der Waals surface area contributed by atoms with E-state index in [0.29, 0.717) is 33.2 Å². The molecule has 0 aliphatic heterocycles. The van der Waals surface area contributed by atoms with E-state index in [2.05, 4.69) is 11.1 Å². The van der Waals surface area contributed by atoms with E-state index in [-0.39, 0.29) is 22.4 Å². The number of hydrogen-bond acceptors (Lipinski definition) is 9. The molecule has 0 radical (unpaired) electrons. The first-order chi connectivity index (χ1) is 15.9. The molecule has 10 heteroatoms. The lowest BCUT2D eigenvalue weighted by atomic mass is 10.1. The lowest BCUT2D eigenvalue weighted by Crippen LogP contribution is -2.03. The van der Waals surface area contributed by atoms with Gasteiger partial charge in [-0.25, -0.2) is 9.78 Å². The smallest absolute Gasteiger partial charge is 0.345 e. The Morgan fingerprint density at radius 3 is 2.73 bits per heavy atom. The third kappa shape index (κ3) is 4.30. The van der Waals surface area contributed by atoms with Crippen LogP contribution in [0.2, 0.25) is 0 Å². The van der Waals surface area contributed by atoms with Crippen LogP contribution in [0.4, 0.5) is 5.69 Å². The third-order valence-electron chi connectivity index (χ3n) is 4.79. The third-order valence-corrected chi connectivity index (χ3v) is 5.67. The van der Waals surface area contributed by atoms with Crippen molar-refractivity contribution >= 4 is 39.6 Å². The van der Waals surface area contributed by atoms with Crippen molar-refractivity contribution in [1.29, 1.82) is 5.26 Å². The zero-order chi connectivity index (χ0) is 23.5. The predicted molar refractivity (Wildman–Crippen MR) is 123 cm³/mol. The van der Waals surface area contributed by atoms with Gasteiger partial charge in [-0.1, -0.05) is 0 Å². The highest BCUT2D eigenvalue weighted by molar-refractivity contribution is 7.11. The van der Waals surface area contributed by atoms with E-state index in [9.17, 15) is 20.2 Å². The van der Waals surface area contributed by atoms with Crippen LogP contribution < -0.4 is 15.1 Å². The highest BCUT2D eigenvalue weighted by atomic mass is 32.1. The summed E-state index contributed by atoms with van der Waals surface area (Å²) in [5.41, 5.74) is 0.805. The normalized spacial score (nSPS) is 11.2. The molecule has 0 atom stereocenters. The van der Waals surface area contributed by atoms with Crippen molar-refractivity contribution in [2.45, 2.75) is 0 Å². The molecule has 0 bridgehead atoms. The molecule has 0 saturated heterocycles. The summed E-state index contributed by atoms with van der Waals surface area (Å²) in [5.74, 6) is 1.15. The Labute approximate surface area is 190 Å². The van der Waals surface area contributed by atoms with Crippen molar-refractivity contribution in [3.8, 4) is 28.8 Å². The van der Waals surface area contributed by atoms with Crippen LogP contribution in [0.3, 0.4) is 0 Å². The quantitative estimate of drug-likeness (QED) is 0.171. The van der Waals surface area contributed by atoms with Gasteiger partial charge < -0.3 is 13.9 Å². The van der Waals surface area contributed by atoms with Crippen molar-refractivity contribution in [3.63, 3.8) is 0 Å². The van der Waals surface area contributed by atoms with Crippen LogP contribution in [0.1, 0.15) is 10.6 Å². The molecule has 0 aliphatic rings. The molecular formula is C23H15N3O6S. The number of fused-ring (bicyclic) bond motifs is 1. The molecule has 2 aromatic heterocycles. The summed E-state index contributed by atoms with van der Waals surface area (Å²) in [6.07, 6.45) is 1.62. The van der Waals surface area contributed by atoms with E-state index in [1.165, 1.54) is 49.8 Å². The van der Waals surface area contributed by atoms with Gasteiger partial charge in [0.05, 0.1) is 36.0 Å². The summed E-state index contributed by atoms with van der Waals surface area (Å²) in [4.78, 5) is 27.5. The minimum atomic E-state index is -0.634. The first-order valence-corrected chi connectivity index (χ1v) is 10.3. The van der Waals surface area contributed by atoms with Crippen LogP contribution in [0.5, 0.6) is 11.5 Å². The SMILES string of the molecule is COc1ccc(OC)c(/C=C(\C#N)c2nc(-c3cc4cc([N+](=O)[O-])ccc4oc3=O)cs2)c1. The van der Waals surface area contributed by atoms with Crippen LogP contribution in [-0.4, -0.2) is 24.1 Å². The first-order valence-electron chi connectivity index (χ1n) is 9.46. The Kier molecular flexibility index (Phi) is 5.89. The standard InChI is InChI=1S/C23H15N3O6S/c1-30-17-4-6-20(31-2)13(9-17)7-15(11-24)22-25-19(12-33-22)18-10-14-8-16(26(28)29)3-5-21(14)32-23(18)27/h3-10,12H,1-2H3/b15-7+. The average Bonchev–Trinajstić information content (AvgIpc) is 3.31. The fourth-order valence-electron chi connectivity index (χ4n) is 3.17. The molecule has 4 aromatic rings. The number of nitro groups is 1. The maximum atomic E-state index is 12.5. The van der Waals surface area contributed by atoms with Crippen LogP contribution in [0.15, 0.2) is 57.1 Å². The number of nitriles is 1. The number of nitrogens with zero attached hydrogens (tertiary/aromatic N) is 3. The van der Waals surface area contributed by atoms with Gasteiger partial charge in [0.1, 0.15) is 28.2 Å². The summed E-state index contributed by atoms with van der Waals surface area (Å²) in [6.45, 7) is 0. The fourth-order valence-corrected chi connectivity index (χ4v) is 3.96. The number of thiazole rings is 1. The molecule has 0 aliphatic carbocycles. The maximum Gasteiger partial charge on any atom is 0.345 e. The molecule has 0 spiro atoms. The minimum absolute atomic E-state index is 0.122. The number of allylic oxidation sites excluding steroid dienone is 1. The van der Waals surface area contributed by atoms with Gasteiger partial charge in [-0.3, -0.25) is 10.1 Å². The Morgan fingerprint density at radius 2 is 2.03 bits per heavy atom. The second kappa shape index (κ2) is 8.94. The molecule has 0 amide bonds. The van der Waals surface area contributed by atoms with Gasteiger partial charge in [-0.15, -0.1) is 11.3 Å². The number of ether oxygens (including phenoxy) is 2. The number of aromatic nitrogens is 1. The molecule has 0 N–H and O–H groups in total. The average molecular weight is 461 g/mol. The van der Waals surface area contributed by atoms with Crippen LogP contribution in [0.25, 0.3) is 33.9 Å². The molecular weight excluding hydrogens is 446 g/mol. The van der Waals surface area contributed by atoms with Gasteiger partial charge in [0, 0.05) is 28.5 Å². The zero-order valence-corrected chi connectivity index (χ0v) is 18.2. The minimum Gasteiger partial charge on any atom is -0.497 e. The van der Waals surface area contributed by atoms with Crippen molar-refractivity contribution in [2.24, 2.45) is 0 Å². The maximum absolute atomic E-state index is 12.5. The molecule has 9 nitrogen and oxygen atoms in total. The van der Waals surface area contributed by atoms with Crippen LogP contribution >= 0.6 is 11.3 Å². The monoisotopic (exact) mass is 461 g/mol. The molecule has 0 fully saturated rings. The molecule has 0 unspecified atom stereocenters.